The van der Waals surface area contributed by atoms with E-state index in [-0.39, 0.29) is 18.2 Å². The van der Waals surface area contributed by atoms with Crippen molar-refractivity contribution in [3.05, 3.63) is 71.4 Å². The number of nitrogens with zero attached hydrogens (tertiary/aromatic N) is 1. The molecule has 1 aliphatic carbocycles. The van der Waals surface area contributed by atoms with E-state index in [1.54, 1.807) is 6.20 Å². The molecule has 1 aliphatic heterocycles. The van der Waals surface area contributed by atoms with Crippen LogP contribution in [0.25, 0.3) is 10.9 Å². The van der Waals surface area contributed by atoms with Crippen molar-refractivity contribution in [1.82, 2.24) is 15.2 Å². The van der Waals surface area contributed by atoms with Crippen LogP contribution in [-0.2, 0) is 16.8 Å². The average molecular weight is 387 g/mol. The summed E-state index contributed by atoms with van der Waals surface area (Å²) in [5.74, 6) is -0.588. The number of aryl methyl sites for hydroxylation is 1. The number of Topliss-reactive ketones (excluding diaryl/α,β-unsaturated/α-hetero) is 1. The van der Waals surface area contributed by atoms with Crippen molar-refractivity contribution in [3.63, 3.8) is 0 Å². The number of aromatic nitrogens is 1. The molecule has 1 fully saturated rings. The number of hydrogen-bond donors (Lipinski definition) is 2. The number of aromatic amines is 1. The number of carbonyl (C=O) groups excluding carboxylic acids is 3. The van der Waals surface area contributed by atoms with Gasteiger partial charge in [0.2, 0.25) is 0 Å². The summed E-state index contributed by atoms with van der Waals surface area (Å²) in [4.78, 5) is 43.3. The van der Waals surface area contributed by atoms with Crippen molar-refractivity contribution in [1.29, 1.82) is 0 Å². The number of benzene rings is 2. The largest absolute Gasteiger partial charge is 0.360 e. The second kappa shape index (κ2) is 6.58. The van der Waals surface area contributed by atoms with Gasteiger partial charge in [0.15, 0.2) is 5.78 Å². The van der Waals surface area contributed by atoms with Gasteiger partial charge in [-0.2, -0.15) is 0 Å². The molecule has 6 heteroatoms. The van der Waals surface area contributed by atoms with Gasteiger partial charge in [0.05, 0.1) is 6.54 Å². The van der Waals surface area contributed by atoms with Crippen molar-refractivity contribution in [2.24, 2.45) is 0 Å². The van der Waals surface area contributed by atoms with E-state index in [0.29, 0.717) is 12.0 Å². The van der Waals surface area contributed by atoms with Gasteiger partial charge in [-0.05, 0) is 42.9 Å². The Morgan fingerprint density at radius 1 is 1.03 bits per heavy atom. The minimum absolute atomic E-state index is 0.259. The molecule has 1 atom stereocenters. The maximum atomic E-state index is 13.5. The van der Waals surface area contributed by atoms with Gasteiger partial charge in [0.1, 0.15) is 5.54 Å². The van der Waals surface area contributed by atoms with Crippen molar-refractivity contribution in [2.75, 3.05) is 6.54 Å². The third-order valence-corrected chi connectivity index (χ3v) is 6.09. The molecule has 0 bridgehead atoms. The molecule has 3 amide bonds. The number of urea groups is 1. The first-order valence-corrected chi connectivity index (χ1v) is 9.92. The fraction of sp³-hybridized carbons (Fsp3) is 0.261. The summed E-state index contributed by atoms with van der Waals surface area (Å²) in [6.45, 7) is -0.267. The van der Waals surface area contributed by atoms with Gasteiger partial charge in [0.25, 0.3) is 5.91 Å². The lowest BCUT2D eigenvalue weighted by Crippen LogP contribution is -2.44. The molecule has 29 heavy (non-hydrogen) atoms. The van der Waals surface area contributed by atoms with E-state index in [9.17, 15) is 14.4 Å². The first kappa shape index (κ1) is 17.7. The summed E-state index contributed by atoms with van der Waals surface area (Å²) in [5.41, 5.74) is 2.22. The fourth-order valence-corrected chi connectivity index (χ4v) is 4.65. The van der Waals surface area contributed by atoms with Gasteiger partial charge in [-0.15, -0.1) is 0 Å². The number of para-hydroxylation sites is 1. The predicted octanol–water partition coefficient (Wildman–Crippen LogP) is 3.52. The molecule has 0 radical (unpaired) electrons. The van der Waals surface area contributed by atoms with Gasteiger partial charge in [-0.1, -0.05) is 42.5 Å². The minimum atomic E-state index is -1.06. The summed E-state index contributed by atoms with van der Waals surface area (Å²) in [6, 6.07) is 14.8. The third-order valence-electron chi connectivity index (χ3n) is 6.09. The van der Waals surface area contributed by atoms with Crippen molar-refractivity contribution < 1.29 is 14.4 Å². The molecule has 2 aromatic carbocycles. The highest BCUT2D eigenvalue weighted by atomic mass is 16.2. The number of ketones is 1. The van der Waals surface area contributed by atoms with E-state index in [4.69, 9.17) is 0 Å². The molecular formula is C23H21N3O3. The van der Waals surface area contributed by atoms with E-state index >= 15 is 0 Å². The Bertz CT molecular complexity index is 1150. The van der Waals surface area contributed by atoms with Crippen LogP contribution >= 0.6 is 0 Å². The number of H-pyrrole nitrogens is 1. The number of fused-ring (bicyclic) bond motifs is 3. The van der Waals surface area contributed by atoms with E-state index in [1.807, 2.05) is 48.5 Å². The summed E-state index contributed by atoms with van der Waals surface area (Å²) in [5, 5.41) is 3.72. The van der Waals surface area contributed by atoms with E-state index in [2.05, 4.69) is 10.3 Å². The summed E-state index contributed by atoms with van der Waals surface area (Å²) < 4.78 is 0. The lowest BCUT2D eigenvalue weighted by molar-refractivity contribution is -0.131. The zero-order valence-electron chi connectivity index (χ0n) is 15.9. The Hall–Kier alpha value is -3.41. The molecule has 6 nitrogen and oxygen atoms in total. The van der Waals surface area contributed by atoms with Gasteiger partial charge >= 0.3 is 6.03 Å². The van der Waals surface area contributed by atoms with Gasteiger partial charge < -0.3 is 10.3 Å². The molecule has 1 unspecified atom stereocenters. The number of carbonyl (C=O) groups is 3. The maximum absolute atomic E-state index is 13.5. The normalized spacial score (nSPS) is 21.3. The molecule has 146 valence electrons. The van der Waals surface area contributed by atoms with Crippen LogP contribution in [0.3, 0.4) is 0 Å². The van der Waals surface area contributed by atoms with Gasteiger partial charge in [-0.25, -0.2) is 4.79 Å². The second-order valence-electron chi connectivity index (χ2n) is 7.76. The Labute approximate surface area is 167 Å². The first-order valence-electron chi connectivity index (χ1n) is 9.92. The Kier molecular flexibility index (Phi) is 4.01. The molecule has 2 N–H and O–H groups in total. The standard InChI is InChI=1S/C23H21N3O3/c27-20(17-13-24-19-11-4-2-9-16(17)19)14-26-21(28)23(25-22(26)29)12-6-5-8-15-7-1-3-10-18(15)23/h1-4,7,9-11,13,24H,5-6,8,12,14H2,(H,25,29). The first-order chi connectivity index (χ1) is 14.1. The fourth-order valence-electron chi connectivity index (χ4n) is 4.65. The molecule has 2 heterocycles. The smallest absolute Gasteiger partial charge is 0.325 e. The van der Waals surface area contributed by atoms with Crippen molar-refractivity contribution in [3.8, 4) is 0 Å². The molecule has 0 saturated carbocycles. The molecule has 1 aromatic heterocycles. The molecular weight excluding hydrogens is 366 g/mol. The molecule has 1 saturated heterocycles. The van der Waals surface area contributed by atoms with Crippen LogP contribution in [-0.4, -0.2) is 34.2 Å². The highest BCUT2D eigenvalue weighted by Gasteiger charge is 2.53. The topological polar surface area (TPSA) is 82.3 Å². The second-order valence-corrected chi connectivity index (χ2v) is 7.76. The molecule has 2 aliphatic rings. The number of amides is 3. The number of nitrogens with one attached hydrogen (secondary N) is 2. The lowest BCUT2D eigenvalue weighted by atomic mass is 9.84. The van der Waals surface area contributed by atoms with Gasteiger partial charge in [-0.3, -0.25) is 14.5 Å². The number of rotatable bonds is 3. The van der Waals surface area contributed by atoms with Crippen LogP contribution in [0.1, 0.15) is 40.7 Å². The Balaban J connectivity index is 1.48. The van der Waals surface area contributed by atoms with Crippen LogP contribution in [0.5, 0.6) is 0 Å². The van der Waals surface area contributed by atoms with E-state index in [0.717, 1.165) is 46.2 Å². The Morgan fingerprint density at radius 3 is 2.72 bits per heavy atom. The SMILES string of the molecule is O=C(CN1C(=O)NC2(CCCCc3ccccc32)C1=O)c1c[nH]c2ccccc12. The molecule has 1 spiro atoms. The van der Waals surface area contributed by atoms with Crippen LogP contribution in [0, 0.1) is 0 Å². The average Bonchev–Trinajstić information content (AvgIpc) is 3.20. The number of hydrogen-bond acceptors (Lipinski definition) is 3. The minimum Gasteiger partial charge on any atom is -0.360 e. The van der Waals surface area contributed by atoms with Crippen LogP contribution in [0.4, 0.5) is 4.79 Å². The third kappa shape index (κ3) is 2.67. The summed E-state index contributed by atoms with van der Waals surface area (Å²) in [6.07, 6.45) is 4.88. The van der Waals surface area contributed by atoms with Crippen LogP contribution < -0.4 is 5.32 Å². The zero-order valence-corrected chi connectivity index (χ0v) is 15.9. The summed E-state index contributed by atoms with van der Waals surface area (Å²) in [7, 11) is 0. The molecule has 3 aromatic rings. The van der Waals surface area contributed by atoms with Gasteiger partial charge in [0, 0.05) is 22.7 Å². The maximum Gasteiger partial charge on any atom is 0.325 e. The summed E-state index contributed by atoms with van der Waals surface area (Å²) >= 11 is 0. The predicted molar refractivity (Wildman–Crippen MR) is 109 cm³/mol. The van der Waals surface area contributed by atoms with Crippen molar-refractivity contribution in [2.45, 2.75) is 31.2 Å². The Morgan fingerprint density at radius 2 is 1.83 bits per heavy atom. The molecule has 5 rings (SSSR count). The highest BCUT2D eigenvalue weighted by molar-refractivity contribution is 6.14. The van der Waals surface area contributed by atoms with Crippen LogP contribution in [0.2, 0.25) is 0 Å². The highest BCUT2D eigenvalue weighted by Crippen LogP contribution is 2.39. The van der Waals surface area contributed by atoms with E-state index < -0.39 is 11.6 Å². The van der Waals surface area contributed by atoms with E-state index in [1.165, 1.54) is 0 Å². The van der Waals surface area contributed by atoms with Crippen molar-refractivity contribution >= 4 is 28.6 Å². The monoisotopic (exact) mass is 387 g/mol. The quantitative estimate of drug-likeness (QED) is 0.533. The van der Waals surface area contributed by atoms with Crippen LogP contribution in [0.15, 0.2) is 54.7 Å². The zero-order chi connectivity index (χ0) is 20.0. The number of imide groups is 1. The lowest BCUT2D eigenvalue weighted by Gasteiger charge is -2.27.